The summed E-state index contributed by atoms with van der Waals surface area (Å²) >= 11 is 1.46. The number of nitrogens with two attached hydrogens (primary N) is 2. The van der Waals surface area contributed by atoms with Crippen molar-refractivity contribution in [2.45, 2.75) is 25.3 Å². The van der Waals surface area contributed by atoms with Crippen molar-refractivity contribution < 1.29 is 52.9 Å². The molecule has 0 radical (unpaired) electrons. The largest absolute Gasteiger partial charge is 0.477 e. The molecule has 0 aromatic carbocycles. The smallest absolute Gasteiger partial charge is 0.352 e. The minimum Gasteiger partial charge on any atom is -0.477 e. The van der Waals surface area contributed by atoms with Gasteiger partial charge in [-0.3, -0.25) is 14.5 Å². The Morgan fingerprint density at radius 2 is 1.83 bits per heavy atom. The summed E-state index contributed by atoms with van der Waals surface area (Å²) in [5, 5.41) is 9.21. The van der Waals surface area contributed by atoms with Gasteiger partial charge < -0.3 is 21.1 Å². The SMILES string of the molecule is CC[N+](CC)(C/C=C/C1=C(C(=O)O)N2C(=O)[C@@H](N)[C@H]2SC1)CC(N)=O.[O-][Cl+3]([O-])([O-])[O-]. The Balaban J connectivity index is 0.000000804. The maximum atomic E-state index is 11.9. The number of fused-ring (bicyclic) bond motifs is 1. The molecule has 2 amide bonds. The lowest BCUT2D eigenvalue weighted by Gasteiger charge is -2.47. The van der Waals surface area contributed by atoms with Crippen molar-refractivity contribution in [3.63, 3.8) is 0 Å². The minimum absolute atomic E-state index is 0.00713. The fourth-order valence-electron chi connectivity index (χ4n) is 3.19. The number of carbonyl (C=O) groups is 3. The Kier molecular flexibility index (Phi) is 9.25. The van der Waals surface area contributed by atoms with E-state index in [2.05, 4.69) is 0 Å². The number of thioether (sulfide) groups is 1. The van der Waals surface area contributed by atoms with E-state index in [1.54, 1.807) is 6.08 Å². The van der Waals surface area contributed by atoms with E-state index in [1.807, 2.05) is 19.9 Å². The molecule has 2 aliphatic rings. The van der Waals surface area contributed by atoms with Crippen LogP contribution in [0, 0.1) is 10.2 Å². The van der Waals surface area contributed by atoms with Crippen LogP contribution in [0.25, 0.3) is 0 Å². The van der Waals surface area contributed by atoms with Gasteiger partial charge in [0.15, 0.2) is 6.54 Å². The molecular weight excluding hydrogens is 444 g/mol. The number of carbonyl (C=O) groups excluding carboxylic acids is 2. The first-order valence-electron chi connectivity index (χ1n) is 8.84. The number of likely N-dealkylation sites (N-methyl/N-ethyl adjacent to an activating group) is 1. The summed E-state index contributed by atoms with van der Waals surface area (Å²) in [4.78, 5) is 36.1. The van der Waals surface area contributed by atoms with E-state index in [-0.39, 0.29) is 29.4 Å². The molecule has 1 fully saturated rings. The summed E-state index contributed by atoms with van der Waals surface area (Å²) in [6, 6.07) is -0.634. The highest BCUT2D eigenvalue weighted by Crippen LogP contribution is 2.39. The van der Waals surface area contributed by atoms with Crippen molar-refractivity contribution in [3.05, 3.63) is 23.4 Å². The van der Waals surface area contributed by atoms with Crippen LogP contribution in [0.2, 0.25) is 0 Å². The molecule has 14 heteroatoms. The summed E-state index contributed by atoms with van der Waals surface area (Å²) in [6.07, 6.45) is 3.60. The molecule has 2 atom stereocenters. The molecule has 170 valence electrons. The fraction of sp³-hybridized carbons (Fsp3) is 0.562. The number of nitrogens with zero attached hydrogens (tertiary/aromatic N) is 2. The maximum Gasteiger partial charge on any atom is 0.352 e. The van der Waals surface area contributed by atoms with Crippen LogP contribution in [0.3, 0.4) is 0 Å². The number of aliphatic carboxylic acids is 1. The van der Waals surface area contributed by atoms with Crippen LogP contribution in [0.15, 0.2) is 23.4 Å². The number of hydrogen-bond donors (Lipinski definition) is 3. The highest BCUT2D eigenvalue weighted by molar-refractivity contribution is 8.00. The van der Waals surface area contributed by atoms with Crippen LogP contribution in [0.4, 0.5) is 0 Å². The number of carboxylic acids is 1. The number of rotatable bonds is 8. The molecule has 0 spiro atoms. The Hall–Kier alpha value is -1.71. The van der Waals surface area contributed by atoms with Gasteiger partial charge in [0.25, 0.3) is 5.91 Å². The van der Waals surface area contributed by atoms with E-state index in [4.69, 9.17) is 30.1 Å². The molecule has 5 N–H and O–H groups in total. The van der Waals surface area contributed by atoms with Crippen LogP contribution in [0.5, 0.6) is 0 Å². The van der Waals surface area contributed by atoms with E-state index in [9.17, 15) is 19.5 Å². The molecule has 1 saturated heterocycles. The van der Waals surface area contributed by atoms with Crippen molar-refractivity contribution in [3.8, 4) is 0 Å². The van der Waals surface area contributed by atoms with E-state index in [1.165, 1.54) is 16.7 Å². The summed E-state index contributed by atoms with van der Waals surface area (Å²) in [5.74, 6) is -1.37. The van der Waals surface area contributed by atoms with E-state index in [0.717, 1.165) is 13.1 Å². The van der Waals surface area contributed by atoms with Crippen molar-refractivity contribution in [2.24, 2.45) is 11.5 Å². The zero-order chi connectivity index (χ0) is 23.3. The van der Waals surface area contributed by atoms with Crippen molar-refractivity contribution in [2.75, 3.05) is 31.9 Å². The maximum absolute atomic E-state index is 11.9. The molecule has 2 heterocycles. The number of primary amides is 1. The van der Waals surface area contributed by atoms with E-state index in [0.29, 0.717) is 22.4 Å². The van der Waals surface area contributed by atoms with E-state index >= 15 is 0 Å². The van der Waals surface area contributed by atoms with Gasteiger partial charge >= 0.3 is 5.97 Å². The molecule has 0 aromatic heterocycles. The third-order valence-electron chi connectivity index (χ3n) is 4.89. The Labute approximate surface area is 179 Å². The summed E-state index contributed by atoms with van der Waals surface area (Å²) in [5.41, 5.74) is 11.7. The van der Waals surface area contributed by atoms with Crippen LogP contribution >= 0.6 is 11.8 Å². The van der Waals surface area contributed by atoms with Crippen LogP contribution in [-0.4, -0.2) is 75.6 Å². The number of β-lactam (4-membered cyclic amide) rings is 1. The second kappa shape index (κ2) is 10.5. The molecular formula is C16H25ClN4O8S. The van der Waals surface area contributed by atoms with Gasteiger partial charge in [-0.05, 0) is 25.5 Å². The average molecular weight is 469 g/mol. The van der Waals surface area contributed by atoms with Gasteiger partial charge in [0.2, 0.25) is 5.91 Å². The van der Waals surface area contributed by atoms with Gasteiger partial charge in [0.1, 0.15) is 17.1 Å². The van der Waals surface area contributed by atoms with Crippen molar-refractivity contribution >= 4 is 29.5 Å². The van der Waals surface area contributed by atoms with E-state index < -0.39 is 22.3 Å². The number of allylic oxidation sites excluding steroid dienone is 1. The van der Waals surface area contributed by atoms with Crippen LogP contribution in [0.1, 0.15) is 13.8 Å². The molecule has 0 aliphatic carbocycles. The molecule has 30 heavy (non-hydrogen) atoms. The zero-order valence-corrected chi connectivity index (χ0v) is 18.1. The molecule has 2 aliphatic heterocycles. The minimum atomic E-state index is -4.94. The number of quaternary nitrogens is 1. The average Bonchev–Trinajstić information content (AvgIpc) is 2.64. The molecule has 12 nitrogen and oxygen atoms in total. The topological polar surface area (TPSA) is 219 Å². The lowest BCUT2D eigenvalue weighted by atomic mass is 10.0. The molecule has 0 saturated carbocycles. The Bertz CT molecular complexity index is 729. The number of carboxylic acid groups (broad SMARTS) is 1. The van der Waals surface area contributed by atoms with Crippen LogP contribution in [-0.2, 0) is 14.4 Å². The monoisotopic (exact) mass is 468 g/mol. The Morgan fingerprint density at radius 1 is 1.30 bits per heavy atom. The summed E-state index contributed by atoms with van der Waals surface area (Å²) < 4.78 is 34.5. The van der Waals surface area contributed by atoms with Gasteiger partial charge in [-0.25, -0.2) is 23.4 Å². The lowest BCUT2D eigenvalue weighted by molar-refractivity contribution is -2.00. The third kappa shape index (κ3) is 6.92. The quantitative estimate of drug-likeness (QED) is 0.227. The zero-order valence-electron chi connectivity index (χ0n) is 16.5. The summed E-state index contributed by atoms with van der Waals surface area (Å²) in [7, 11) is -4.94. The van der Waals surface area contributed by atoms with Crippen LogP contribution < -0.4 is 30.1 Å². The van der Waals surface area contributed by atoms with Gasteiger partial charge in [0, 0.05) is 5.75 Å². The summed E-state index contributed by atoms with van der Waals surface area (Å²) in [6.45, 7) is 6.26. The highest BCUT2D eigenvalue weighted by atomic mass is 35.7. The standard InChI is InChI=1S/C16H24N4O4S.ClHO4/c1-3-20(4-2,8-11(17)21)7-5-6-10-9-25-15-12(18)14(22)19(15)13(10)16(23)24;2-1(3,4)5/h5-6,12,15H,3-4,7-9,18H2,1-2H3,(H2-,17,21,23,24);(H,2,3,4,5)/b6-5+;/t12-,15-;/m1./s1. The number of halogens is 1. The predicted molar refractivity (Wildman–Crippen MR) is 95.1 cm³/mol. The van der Waals surface area contributed by atoms with Gasteiger partial charge in [-0.2, -0.15) is 0 Å². The number of amides is 2. The third-order valence-corrected chi connectivity index (χ3v) is 6.21. The normalized spacial score (nSPS) is 21.7. The Morgan fingerprint density at radius 3 is 2.27 bits per heavy atom. The van der Waals surface area contributed by atoms with Gasteiger partial charge in [-0.1, -0.05) is 6.08 Å². The van der Waals surface area contributed by atoms with Gasteiger partial charge in [0.05, 0.1) is 19.6 Å². The second-order valence-electron chi connectivity index (χ2n) is 6.68. The van der Waals surface area contributed by atoms with Gasteiger partial charge in [-0.15, -0.1) is 22.0 Å². The molecule has 0 unspecified atom stereocenters. The fourth-order valence-corrected chi connectivity index (χ4v) is 4.45. The molecule has 0 aromatic rings. The first-order valence-corrected chi connectivity index (χ1v) is 11.1. The molecule has 2 rings (SSSR count). The highest BCUT2D eigenvalue weighted by Gasteiger charge is 2.51. The molecule has 0 bridgehead atoms. The lowest BCUT2D eigenvalue weighted by Crippen LogP contribution is -2.68. The van der Waals surface area contributed by atoms with Crippen molar-refractivity contribution in [1.82, 2.24) is 4.90 Å². The second-order valence-corrected chi connectivity index (χ2v) is 8.54. The first-order chi connectivity index (χ1) is 13.8. The van der Waals surface area contributed by atoms with Crippen molar-refractivity contribution in [1.29, 1.82) is 0 Å². The first kappa shape index (κ1) is 26.3. The predicted octanol–water partition coefficient (Wildman–Crippen LogP) is -5.29. The number of hydrogen-bond acceptors (Lipinski definition) is 9.